The fourth-order valence-electron chi connectivity index (χ4n) is 8.02. The average Bonchev–Trinajstić information content (AvgIpc) is 3.73. The van der Waals surface area contributed by atoms with Crippen LogP contribution in [0.3, 0.4) is 0 Å². The third-order valence-corrected chi connectivity index (χ3v) is 10.4. The van der Waals surface area contributed by atoms with Gasteiger partial charge in [0.2, 0.25) is 0 Å². The summed E-state index contributed by atoms with van der Waals surface area (Å²) in [6.07, 6.45) is 1.89. The standard InChI is InChI=1S/C47H38N4.Pt/c1-33(2)49-32-50(44-24-13-12-23-43(44)49)39-20-14-19-37(30-39)47(35-15-6-4-7-16-35,36-17-8-5-9-18-36)38-25-26-41-40-21-10-11-22-42(40)51(45(41)31-38)46-29-34(3)27-28-48-46;/h4-29,33H,32H2,1-3H3;/q-2;+2. The molecule has 0 amide bonds. The molecule has 0 aliphatic carbocycles. The van der Waals surface area contributed by atoms with Crippen molar-refractivity contribution in [1.82, 2.24) is 9.55 Å². The topological polar surface area (TPSA) is 24.3 Å². The van der Waals surface area contributed by atoms with Crippen LogP contribution in [-0.4, -0.2) is 22.3 Å². The van der Waals surface area contributed by atoms with Crippen molar-refractivity contribution < 1.29 is 21.1 Å². The molecule has 1 aliphatic rings. The van der Waals surface area contributed by atoms with E-state index >= 15 is 0 Å². The van der Waals surface area contributed by atoms with Crippen molar-refractivity contribution >= 4 is 38.9 Å². The van der Waals surface area contributed by atoms with Gasteiger partial charge in [-0.05, 0) is 73.2 Å². The predicted molar refractivity (Wildman–Crippen MR) is 210 cm³/mol. The van der Waals surface area contributed by atoms with Gasteiger partial charge in [-0.15, -0.1) is 22.6 Å². The third kappa shape index (κ3) is 5.36. The Balaban J connectivity index is 0.00000387. The monoisotopic (exact) mass is 853 g/mol. The smallest absolute Gasteiger partial charge is 0.349 e. The Morgan fingerprint density at radius 1 is 0.635 bits per heavy atom. The maximum absolute atomic E-state index is 4.87. The van der Waals surface area contributed by atoms with Gasteiger partial charge in [0.25, 0.3) is 0 Å². The normalized spacial score (nSPS) is 12.8. The molecule has 9 rings (SSSR count). The first-order valence-electron chi connectivity index (χ1n) is 17.7. The summed E-state index contributed by atoms with van der Waals surface area (Å²) >= 11 is 0. The number of benzene rings is 6. The first-order chi connectivity index (χ1) is 25.0. The molecule has 0 bridgehead atoms. The third-order valence-electron chi connectivity index (χ3n) is 10.4. The van der Waals surface area contributed by atoms with Crippen LogP contribution in [0.4, 0.5) is 17.1 Å². The Morgan fingerprint density at radius 2 is 1.29 bits per heavy atom. The van der Waals surface area contributed by atoms with E-state index in [1.165, 1.54) is 16.8 Å². The van der Waals surface area contributed by atoms with Crippen molar-refractivity contribution in [2.45, 2.75) is 32.2 Å². The molecule has 8 aromatic rings. The van der Waals surface area contributed by atoms with E-state index in [1.54, 1.807) is 0 Å². The van der Waals surface area contributed by atoms with Crippen molar-refractivity contribution in [3.63, 3.8) is 0 Å². The minimum atomic E-state index is -0.731. The number of anilines is 3. The molecular formula is C47H38N4Pt. The quantitative estimate of drug-likeness (QED) is 0.118. The van der Waals surface area contributed by atoms with Crippen molar-refractivity contribution in [1.29, 1.82) is 0 Å². The molecule has 52 heavy (non-hydrogen) atoms. The summed E-state index contributed by atoms with van der Waals surface area (Å²) in [5.74, 6) is 0.885. The van der Waals surface area contributed by atoms with Gasteiger partial charge in [0.1, 0.15) is 5.82 Å². The van der Waals surface area contributed by atoms with Crippen LogP contribution >= 0.6 is 0 Å². The maximum Gasteiger partial charge on any atom is 2.00 e. The SMILES string of the molecule is Cc1ccnc(-n2c3[c-]c(C(c4[c-]c(N5CN(C(C)C)c6ccccc65)ccc4)(c4ccccc4)c4ccccc4)ccc3c3ccccc32)c1.[Pt+2]. The summed E-state index contributed by atoms with van der Waals surface area (Å²) < 4.78 is 2.27. The molecule has 3 heterocycles. The summed E-state index contributed by atoms with van der Waals surface area (Å²) in [6.45, 7) is 7.40. The number of hydrogen-bond donors (Lipinski definition) is 0. The van der Waals surface area contributed by atoms with Crippen LogP contribution in [0, 0.1) is 19.1 Å². The molecular weight excluding hydrogens is 816 g/mol. The zero-order chi connectivity index (χ0) is 34.5. The number of nitrogens with zero attached hydrogens (tertiary/aromatic N) is 4. The van der Waals surface area contributed by atoms with Gasteiger partial charge in [0.15, 0.2) is 0 Å². The summed E-state index contributed by atoms with van der Waals surface area (Å²) in [4.78, 5) is 9.72. The van der Waals surface area contributed by atoms with Gasteiger partial charge in [-0.3, -0.25) is 0 Å². The van der Waals surface area contributed by atoms with Gasteiger partial charge in [0.05, 0.1) is 18.0 Å². The minimum Gasteiger partial charge on any atom is -0.349 e. The Labute approximate surface area is 320 Å². The minimum absolute atomic E-state index is 0. The second-order valence-corrected chi connectivity index (χ2v) is 13.7. The van der Waals surface area contributed by atoms with E-state index in [-0.39, 0.29) is 21.1 Å². The number of para-hydroxylation sites is 3. The van der Waals surface area contributed by atoms with Crippen LogP contribution in [0.2, 0.25) is 0 Å². The van der Waals surface area contributed by atoms with E-state index in [1.807, 2.05) is 12.3 Å². The first kappa shape index (κ1) is 33.7. The number of fused-ring (bicyclic) bond motifs is 4. The number of rotatable bonds is 7. The Kier molecular flexibility index (Phi) is 8.81. The van der Waals surface area contributed by atoms with Crippen LogP contribution in [0.1, 0.15) is 41.7 Å². The molecule has 0 atom stereocenters. The van der Waals surface area contributed by atoms with Crippen molar-refractivity contribution in [3.8, 4) is 5.82 Å². The molecule has 2 aromatic heterocycles. The Hall–Kier alpha value is -5.44. The van der Waals surface area contributed by atoms with Crippen LogP contribution in [0.25, 0.3) is 27.6 Å². The van der Waals surface area contributed by atoms with Crippen molar-refractivity contribution in [3.05, 3.63) is 198 Å². The Bertz CT molecular complexity index is 2480. The van der Waals surface area contributed by atoms with Gasteiger partial charge in [0, 0.05) is 23.2 Å². The van der Waals surface area contributed by atoms with E-state index in [2.05, 4.69) is 193 Å². The van der Waals surface area contributed by atoms with Crippen molar-refractivity contribution in [2.75, 3.05) is 16.5 Å². The fraction of sp³-hybridized carbons (Fsp3) is 0.128. The van der Waals surface area contributed by atoms with Gasteiger partial charge >= 0.3 is 21.1 Å². The molecule has 0 radical (unpaired) electrons. The molecule has 0 unspecified atom stereocenters. The molecule has 4 nitrogen and oxygen atoms in total. The van der Waals surface area contributed by atoms with E-state index in [9.17, 15) is 0 Å². The van der Waals surface area contributed by atoms with Gasteiger partial charge in [-0.25, -0.2) is 4.98 Å². The van der Waals surface area contributed by atoms with Crippen molar-refractivity contribution in [2.24, 2.45) is 0 Å². The predicted octanol–water partition coefficient (Wildman–Crippen LogP) is 10.8. The Morgan fingerprint density at radius 3 is 2.00 bits per heavy atom. The van der Waals surface area contributed by atoms with E-state index in [0.29, 0.717) is 6.04 Å². The molecule has 0 spiro atoms. The fourth-order valence-corrected chi connectivity index (χ4v) is 8.02. The van der Waals surface area contributed by atoms with Gasteiger partial charge in [-0.1, -0.05) is 102 Å². The van der Waals surface area contributed by atoms with Crippen LogP contribution in [-0.2, 0) is 26.5 Å². The summed E-state index contributed by atoms with van der Waals surface area (Å²) in [5, 5.41) is 2.33. The second kappa shape index (κ2) is 13.6. The van der Waals surface area contributed by atoms with Crippen LogP contribution in [0.5, 0.6) is 0 Å². The number of aromatic nitrogens is 2. The molecule has 0 saturated heterocycles. The molecule has 0 N–H and O–H groups in total. The maximum atomic E-state index is 4.87. The van der Waals surface area contributed by atoms with Crippen LogP contribution in [0.15, 0.2) is 158 Å². The van der Waals surface area contributed by atoms with E-state index < -0.39 is 5.41 Å². The first-order valence-corrected chi connectivity index (χ1v) is 17.7. The molecule has 0 fully saturated rings. The van der Waals surface area contributed by atoms with E-state index in [4.69, 9.17) is 4.98 Å². The van der Waals surface area contributed by atoms with Gasteiger partial charge < -0.3 is 14.4 Å². The number of hydrogen-bond acceptors (Lipinski definition) is 3. The molecule has 1 aliphatic heterocycles. The number of pyridine rings is 1. The summed E-state index contributed by atoms with van der Waals surface area (Å²) in [5.41, 5.74) is 10.4. The zero-order valence-corrected chi connectivity index (χ0v) is 31.7. The van der Waals surface area contributed by atoms with Gasteiger partial charge in [-0.2, -0.15) is 36.4 Å². The van der Waals surface area contributed by atoms with Crippen LogP contribution < -0.4 is 9.80 Å². The molecule has 5 heteroatoms. The summed E-state index contributed by atoms with van der Waals surface area (Å²) in [7, 11) is 0. The summed E-state index contributed by atoms with van der Waals surface area (Å²) in [6, 6.07) is 62.8. The number of aryl methyl sites for hydroxylation is 1. The largest absolute Gasteiger partial charge is 2.00 e. The molecule has 6 aromatic carbocycles. The zero-order valence-electron chi connectivity index (χ0n) is 29.4. The molecule has 256 valence electrons. The molecule has 0 saturated carbocycles. The second-order valence-electron chi connectivity index (χ2n) is 13.7. The van der Waals surface area contributed by atoms with E-state index in [0.717, 1.165) is 62.4 Å². The average molecular weight is 854 g/mol.